The first-order valence-electron chi connectivity index (χ1n) is 5.96. The molecule has 0 atom stereocenters. The summed E-state index contributed by atoms with van der Waals surface area (Å²) in [6.07, 6.45) is 5.66. The molecule has 5 heteroatoms. The van der Waals surface area contributed by atoms with Gasteiger partial charge in [0.15, 0.2) is 5.76 Å². The molecule has 0 saturated heterocycles. The van der Waals surface area contributed by atoms with E-state index >= 15 is 0 Å². The molecule has 0 aliphatic heterocycles. The van der Waals surface area contributed by atoms with E-state index in [2.05, 4.69) is 10.8 Å². The smallest absolute Gasteiger partial charge is 0.310 e. The van der Waals surface area contributed by atoms with Gasteiger partial charge >= 0.3 is 5.91 Å². The summed E-state index contributed by atoms with van der Waals surface area (Å²) in [5.74, 6) is -0.0559. The van der Waals surface area contributed by atoms with E-state index in [1.807, 2.05) is 7.05 Å². The van der Waals surface area contributed by atoms with Gasteiger partial charge in [-0.1, -0.05) is 0 Å². The highest BCUT2D eigenvalue weighted by Crippen LogP contribution is 2.20. The van der Waals surface area contributed by atoms with E-state index in [0.29, 0.717) is 6.04 Å². The molecule has 94 valence electrons. The van der Waals surface area contributed by atoms with Gasteiger partial charge in [-0.25, -0.2) is 5.48 Å². The second-order valence-corrected chi connectivity index (χ2v) is 4.29. The molecule has 5 nitrogen and oxygen atoms in total. The molecular weight excluding hydrogens is 220 g/mol. The summed E-state index contributed by atoms with van der Waals surface area (Å²) in [6.45, 7) is 0. The Morgan fingerprint density at radius 3 is 2.76 bits per heavy atom. The van der Waals surface area contributed by atoms with Gasteiger partial charge in [0.2, 0.25) is 0 Å². The average Bonchev–Trinajstić information content (AvgIpc) is 2.90. The van der Waals surface area contributed by atoms with E-state index in [0.717, 1.165) is 25.7 Å². The van der Waals surface area contributed by atoms with Crippen molar-refractivity contribution in [2.45, 2.75) is 37.8 Å². The first-order valence-corrected chi connectivity index (χ1v) is 5.96. The van der Waals surface area contributed by atoms with Crippen molar-refractivity contribution in [3.05, 3.63) is 24.2 Å². The van der Waals surface area contributed by atoms with Crippen LogP contribution in [-0.4, -0.2) is 25.1 Å². The Morgan fingerprint density at radius 1 is 1.41 bits per heavy atom. The topological polar surface area (TPSA) is 63.5 Å². The Bertz CT molecular complexity index is 343. The van der Waals surface area contributed by atoms with Gasteiger partial charge in [-0.3, -0.25) is 9.63 Å². The molecule has 1 amide bonds. The lowest BCUT2D eigenvalue weighted by molar-refractivity contribution is -0.0353. The number of hydroxylamine groups is 1. The summed E-state index contributed by atoms with van der Waals surface area (Å²) in [5.41, 5.74) is 2.43. The maximum atomic E-state index is 11.5. The number of hydrogen-bond donors (Lipinski definition) is 2. The molecule has 0 unspecified atom stereocenters. The molecule has 1 aromatic rings. The van der Waals surface area contributed by atoms with Gasteiger partial charge in [0.25, 0.3) is 0 Å². The minimum atomic E-state index is -0.328. The summed E-state index contributed by atoms with van der Waals surface area (Å²) in [5, 5.41) is 3.25. The number of hydrogen-bond acceptors (Lipinski definition) is 4. The van der Waals surface area contributed by atoms with Crippen LogP contribution in [0.5, 0.6) is 0 Å². The number of amides is 1. The molecule has 1 fully saturated rings. The zero-order chi connectivity index (χ0) is 12.1. The van der Waals surface area contributed by atoms with Gasteiger partial charge < -0.3 is 9.73 Å². The molecule has 2 rings (SSSR count). The first-order chi connectivity index (χ1) is 8.29. The van der Waals surface area contributed by atoms with Crippen LogP contribution in [0.3, 0.4) is 0 Å². The largest absolute Gasteiger partial charge is 0.459 e. The van der Waals surface area contributed by atoms with E-state index in [9.17, 15) is 4.79 Å². The lowest BCUT2D eigenvalue weighted by Gasteiger charge is -2.27. The summed E-state index contributed by atoms with van der Waals surface area (Å²) >= 11 is 0. The fourth-order valence-electron chi connectivity index (χ4n) is 2.06. The fourth-order valence-corrected chi connectivity index (χ4v) is 2.06. The Balaban J connectivity index is 1.71. The minimum Gasteiger partial charge on any atom is -0.459 e. The zero-order valence-electron chi connectivity index (χ0n) is 9.94. The SMILES string of the molecule is CNC1CCC(ONC(=O)c2ccco2)CC1. The van der Waals surface area contributed by atoms with Crippen LogP contribution in [0.1, 0.15) is 36.2 Å². The van der Waals surface area contributed by atoms with Crippen LogP contribution in [0.15, 0.2) is 22.8 Å². The third-order valence-electron chi connectivity index (χ3n) is 3.15. The molecule has 0 aromatic carbocycles. The third-order valence-corrected chi connectivity index (χ3v) is 3.15. The molecule has 0 radical (unpaired) electrons. The maximum Gasteiger partial charge on any atom is 0.310 e. The van der Waals surface area contributed by atoms with Gasteiger partial charge in [-0.05, 0) is 44.9 Å². The quantitative estimate of drug-likeness (QED) is 0.780. The standard InChI is InChI=1S/C12H18N2O3/c1-13-9-4-6-10(7-5-9)17-14-12(15)11-3-2-8-16-11/h2-3,8-10,13H,4-7H2,1H3,(H,14,15). The summed E-state index contributed by atoms with van der Waals surface area (Å²) in [6, 6.07) is 3.86. The predicted octanol–water partition coefficient (Wildman–Crippen LogP) is 1.47. The van der Waals surface area contributed by atoms with Crippen molar-refractivity contribution < 1.29 is 14.0 Å². The highest BCUT2D eigenvalue weighted by molar-refractivity contribution is 5.90. The van der Waals surface area contributed by atoms with E-state index in [4.69, 9.17) is 9.25 Å². The Kier molecular flexibility index (Phi) is 4.17. The third kappa shape index (κ3) is 3.31. The maximum absolute atomic E-state index is 11.5. The molecule has 0 bridgehead atoms. The van der Waals surface area contributed by atoms with Gasteiger partial charge in [-0.15, -0.1) is 0 Å². The number of nitrogens with one attached hydrogen (secondary N) is 2. The molecule has 1 aliphatic carbocycles. The zero-order valence-corrected chi connectivity index (χ0v) is 9.94. The second kappa shape index (κ2) is 5.84. The van der Waals surface area contributed by atoms with Crippen molar-refractivity contribution in [3.63, 3.8) is 0 Å². The Morgan fingerprint density at radius 2 is 2.18 bits per heavy atom. The van der Waals surface area contributed by atoms with Crippen molar-refractivity contribution in [2.24, 2.45) is 0 Å². The normalized spacial score (nSPS) is 24.5. The molecular formula is C12H18N2O3. The van der Waals surface area contributed by atoms with Crippen molar-refractivity contribution in [2.75, 3.05) is 7.05 Å². The average molecular weight is 238 g/mol. The fraction of sp³-hybridized carbons (Fsp3) is 0.583. The minimum absolute atomic E-state index is 0.110. The lowest BCUT2D eigenvalue weighted by atomic mass is 9.93. The van der Waals surface area contributed by atoms with Crippen molar-refractivity contribution in [1.82, 2.24) is 10.8 Å². The summed E-state index contributed by atoms with van der Waals surface area (Å²) in [4.78, 5) is 16.9. The molecule has 2 N–H and O–H groups in total. The van der Waals surface area contributed by atoms with Crippen LogP contribution >= 0.6 is 0 Å². The number of carbonyl (C=O) groups is 1. The monoisotopic (exact) mass is 238 g/mol. The van der Waals surface area contributed by atoms with Crippen LogP contribution in [0.25, 0.3) is 0 Å². The number of carbonyl (C=O) groups excluding carboxylic acids is 1. The van der Waals surface area contributed by atoms with Gasteiger partial charge in [-0.2, -0.15) is 0 Å². The molecule has 1 heterocycles. The highest BCUT2D eigenvalue weighted by Gasteiger charge is 2.21. The van der Waals surface area contributed by atoms with E-state index < -0.39 is 0 Å². The molecule has 1 aliphatic rings. The Hall–Kier alpha value is -1.33. The van der Waals surface area contributed by atoms with E-state index in [1.165, 1.54) is 6.26 Å². The first kappa shape index (κ1) is 12.1. The molecule has 0 spiro atoms. The predicted molar refractivity (Wildman–Crippen MR) is 62.4 cm³/mol. The van der Waals surface area contributed by atoms with Gasteiger partial charge in [0, 0.05) is 6.04 Å². The summed E-state index contributed by atoms with van der Waals surface area (Å²) < 4.78 is 4.97. The van der Waals surface area contributed by atoms with E-state index in [-0.39, 0.29) is 17.8 Å². The second-order valence-electron chi connectivity index (χ2n) is 4.29. The van der Waals surface area contributed by atoms with Crippen molar-refractivity contribution in [3.8, 4) is 0 Å². The van der Waals surface area contributed by atoms with Crippen molar-refractivity contribution in [1.29, 1.82) is 0 Å². The van der Waals surface area contributed by atoms with Crippen LogP contribution in [0, 0.1) is 0 Å². The van der Waals surface area contributed by atoms with Crippen LogP contribution in [0.2, 0.25) is 0 Å². The van der Waals surface area contributed by atoms with Crippen LogP contribution in [0.4, 0.5) is 0 Å². The van der Waals surface area contributed by atoms with Crippen LogP contribution < -0.4 is 10.8 Å². The molecule has 17 heavy (non-hydrogen) atoms. The Labute approximate surface area is 100 Å². The molecule has 1 aromatic heterocycles. The summed E-state index contributed by atoms with van der Waals surface area (Å²) in [7, 11) is 1.98. The van der Waals surface area contributed by atoms with Crippen molar-refractivity contribution >= 4 is 5.91 Å². The molecule has 1 saturated carbocycles. The van der Waals surface area contributed by atoms with Crippen LogP contribution in [-0.2, 0) is 4.84 Å². The van der Waals surface area contributed by atoms with Gasteiger partial charge in [0.05, 0.1) is 12.4 Å². The number of furan rings is 1. The lowest BCUT2D eigenvalue weighted by Crippen LogP contribution is -2.36. The highest BCUT2D eigenvalue weighted by atomic mass is 16.7. The van der Waals surface area contributed by atoms with E-state index in [1.54, 1.807) is 12.1 Å². The van der Waals surface area contributed by atoms with Gasteiger partial charge in [0.1, 0.15) is 0 Å². The number of rotatable bonds is 4.